The van der Waals surface area contributed by atoms with Gasteiger partial charge in [-0.25, -0.2) is 5.48 Å². The van der Waals surface area contributed by atoms with Crippen molar-refractivity contribution in [2.24, 2.45) is 0 Å². The topological polar surface area (TPSA) is 84.2 Å². The molecule has 0 bridgehead atoms. The highest BCUT2D eigenvalue weighted by molar-refractivity contribution is 5.90. The number of H-pyrrole nitrogens is 2. The lowest BCUT2D eigenvalue weighted by Crippen LogP contribution is -2.29. The summed E-state index contributed by atoms with van der Waals surface area (Å²) in [6.45, 7) is 6.13. The molecule has 2 aromatic carbocycles. The van der Waals surface area contributed by atoms with Gasteiger partial charge in [0.05, 0.1) is 0 Å². The number of hydroxylamine groups is 1. The summed E-state index contributed by atoms with van der Waals surface area (Å²) in [7, 11) is 0. The minimum atomic E-state index is -0.524. The highest BCUT2D eigenvalue weighted by Gasteiger charge is 2.28. The fourth-order valence-corrected chi connectivity index (χ4v) is 5.30. The van der Waals surface area contributed by atoms with E-state index in [1.54, 1.807) is 11.6 Å². The summed E-state index contributed by atoms with van der Waals surface area (Å²) in [6.07, 6.45) is 10.3. The molecule has 1 aliphatic carbocycles. The molecule has 0 spiro atoms. The smallest absolute Gasteiger partial charge is 0.267 e. The summed E-state index contributed by atoms with van der Waals surface area (Å²) >= 11 is 0. The summed E-state index contributed by atoms with van der Waals surface area (Å²) in [5.74, 6) is -0.524. The van der Waals surface area contributed by atoms with E-state index in [1.807, 2.05) is 6.20 Å². The molecule has 4 aromatic rings. The number of rotatable bonds is 8. The van der Waals surface area contributed by atoms with Gasteiger partial charge in [0.25, 0.3) is 5.91 Å². The fraction of sp³-hybridized carbons (Fsp3) is 0.276. The number of nitrogens with one attached hydrogen (secondary N) is 3. The lowest BCUT2D eigenvalue weighted by molar-refractivity contribution is -0.124. The van der Waals surface area contributed by atoms with Crippen molar-refractivity contribution in [1.82, 2.24) is 20.3 Å². The maximum atomic E-state index is 11.3. The number of carbonyl (C=O) groups excluding carboxylic acids is 1. The zero-order chi connectivity index (χ0) is 24.4. The highest BCUT2D eigenvalue weighted by Crippen LogP contribution is 2.38. The summed E-state index contributed by atoms with van der Waals surface area (Å²) < 4.78 is 0. The second-order valence-corrected chi connectivity index (χ2v) is 9.53. The van der Waals surface area contributed by atoms with Crippen LogP contribution in [-0.2, 0) is 24.2 Å². The first kappa shape index (κ1) is 23.1. The van der Waals surface area contributed by atoms with Gasteiger partial charge in [0.1, 0.15) is 0 Å². The molecule has 0 saturated heterocycles. The van der Waals surface area contributed by atoms with Crippen LogP contribution >= 0.6 is 0 Å². The monoisotopic (exact) mass is 468 g/mol. The molecule has 0 radical (unpaired) electrons. The molecule has 0 aliphatic heterocycles. The summed E-state index contributed by atoms with van der Waals surface area (Å²) in [5.41, 5.74) is 11.7. The number of aryl methyl sites for hydroxylation is 3. The first-order valence-electron chi connectivity index (χ1n) is 12.2. The number of amides is 1. The number of hydrogen-bond acceptors (Lipinski definition) is 3. The molecule has 1 unspecified atom stereocenters. The average molecular weight is 469 g/mol. The molecule has 1 amide bonds. The van der Waals surface area contributed by atoms with Gasteiger partial charge in [0, 0.05) is 54.2 Å². The fourth-order valence-electron chi connectivity index (χ4n) is 5.30. The molecule has 5 rings (SSSR count). The molecule has 2 aromatic heterocycles. The SMILES string of the molecule is Cc1ccc2c(CCN(Cc3cc[nH]c3C)C3CCc4cc(C=CC(=O)NO)ccc43)c[nH]c2c1. The van der Waals surface area contributed by atoms with E-state index in [1.165, 1.54) is 50.5 Å². The maximum absolute atomic E-state index is 11.3. The number of aromatic amines is 2. The van der Waals surface area contributed by atoms with Crippen molar-refractivity contribution >= 4 is 22.9 Å². The van der Waals surface area contributed by atoms with E-state index >= 15 is 0 Å². The quantitative estimate of drug-likeness (QED) is 0.159. The van der Waals surface area contributed by atoms with E-state index in [9.17, 15) is 4.79 Å². The minimum absolute atomic E-state index is 0.352. The van der Waals surface area contributed by atoms with Crippen LogP contribution in [0.2, 0.25) is 0 Å². The standard InChI is InChI=1S/C29H32N4O2/c1-19-3-7-25-23(17-31-27(25)15-19)12-14-33(18-24-11-13-30-20(24)2)28-9-6-22-16-21(4-8-26(22)28)5-10-29(34)32-35/h3-5,7-8,10-11,13,15-17,28,30-31,35H,6,9,12,14,18H2,1-2H3,(H,32,34). The number of hydrogen-bond donors (Lipinski definition) is 4. The molecule has 6 heteroatoms. The van der Waals surface area contributed by atoms with Crippen LogP contribution in [0.5, 0.6) is 0 Å². The zero-order valence-corrected chi connectivity index (χ0v) is 20.3. The van der Waals surface area contributed by atoms with Crippen LogP contribution in [0.15, 0.2) is 60.9 Å². The van der Waals surface area contributed by atoms with Crippen molar-refractivity contribution in [1.29, 1.82) is 0 Å². The summed E-state index contributed by atoms with van der Waals surface area (Å²) in [5, 5.41) is 10.0. The molecule has 4 N–H and O–H groups in total. The van der Waals surface area contributed by atoms with E-state index in [4.69, 9.17) is 5.21 Å². The Labute approximate surface area is 205 Å². The van der Waals surface area contributed by atoms with E-state index in [0.29, 0.717) is 6.04 Å². The summed E-state index contributed by atoms with van der Waals surface area (Å²) in [6, 6.07) is 15.6. The Kier molecular flexibility index (Phi) is 6.57. The minimum Gasteiger partial charge on any atom is -0.365 e. The molecular weight excluding hydrogens is 436 g/mol. The Hall–Kier alpha value is -3.61. The molecule has 180 valence electrons. The first-order valence-corrected chi connectivity index (χ1v) is 12.2. The van der Waals surface area contributed by atoms with Gasteiger partial charge < -0.3 is 9.97 Å². The molecular formula is C29H32N4O2. The van der Waals surface area contributed by atoms with Crippen molar-refractivity contribution in [2.45, 2.75) is 45.7 Å². The second-order valence-electron chi connectivity index (χ2n) is 9.53. The van der Waals surface area contributed by atoms with Crippen LogP contribution in [0.3, 0.4) is 0 Å². The molecule has 6 nitrogen and oxygen atoms in total. The van der Waals surface area contributed by atoms with Gasteiger partial charge >= 0.3 is 0 Å². The van der Waals surface area contributed by atoms with Crippen LogP contribution in [0.25, 0.3) is 17.0 Å². The van der Waals surface area contributed by atoms with E-state index < -0.39 is 5.91 Å². The van der Waals surface area contributed by atoms with Crippen LogP contribution in [0, 0.1) is 13.8 Å². The van der Waals surface area contributed by atoms with Gasteiger partial charge in [-0.2, -0.15) is 0 Å². The number of nitrogens with zero attached hydrogens (tertiary/aromatic N) is 1. The van der Waals surface area contributed by atoms with E-state index in [-0.39, 0.29) is 0 Å². The Bertz CT molecular complexity index is 1380. The Morgan fingerprint density at radius 1 is 1.14 bits per heavy atom. The van der Waals surface area contributed by atoms with Gasteiger partial charge in [-0.3, -0.25) is 14.9 Å². The van der Waals surface area contributed by atoms with Gasteiger partial charge in [-0.1, -0.05) is 30.3 Å². The molecule has 35 heavy (non-hydrogen) atoms. The van der Waals surface area contributed by atoms with Gasteiger partial charge in [0.15, 0.2) is 0 Å². The molecule has 1 aliphatic rings. The molecule has 1 atom stereocenters. The van der Waals surface area contributed by atoms with Gasteiger partial charge in [-0.05, 0) is 84.7 Å². The lowest BCUT2D eigenvalue weighted by Gasteiger charge is -2.30. The normalized spacial score (nSPS) is 15.4. The Balaban J connectivity index is 1.39. The third-order valence-corrected chi connectivity index (χ3v) is 7.22. The average Bonchev–Trinajstić information content (AvgIpc) is 3.58. The van der Waals surface area contributed by atoms with Crippen molar-refractivity contribution < 1.29 is 10.0 Å². The van der Waals surface area contributed by atoms with Crippen LogP contribution in [0.1, 0.15) is 51.5 Å². The number of aromatic nitrogens is 2. The predicted molar refractivity (Wildman–Crippen MR) is 139 cm³/mol. The van der Waals surface area contributed by atoms with E-state index in [0.717, 1.165) is 37.9 Å². The largest absolute Gasteiger partial charge is 0.365 e. The Morgan fingerprint density at radius 2 is 2.03 bits per heavy atom. The lowest BCUT2D eigenvalue weighted by atomic mass is 10.0. The maximum Gasteiger partial charge on any atom is 0.267 e. The number of fused-ring (bicyclic) bond motifs is 2. The van der Waals surface area contributed by atoms with Crippen LogP contribution in [0.4, 0.5) is 0 Å². The third kappa shape index (κ3) is 4.94. The number of benzene rings is 2. The van der Waals surface area contributed by atoms with Crippen molar-refractivity contribution in [3.05, 3.63) is 100 Å². The molecule has 0 fully saturated rings. The molecule has 0 saturated carbocycles. The van der Waals surface area contributed by atoms with Gasteiger partial charge in [0.2, 0.25) is 0 Å². The third-order valence-electron chi connectivity index (χ3n) is 7.22. The predicted octanol–water partition coefficient (Wildman–Crippen LogP) is 5.36. The number of carbonyl (C=O) groups is 1. The zero-order valence-electron chi connectivity index (χ0n) is 20.3. The van der Waals surface area contributed by atoms with E-state index in [2.05, 4.69) is 77.4 Å². The van der Waals surface area contributed by atoms with Gasteiger partial charge in [-0.15, -0.1) is 0 Å². The highest BCUT2D eigenvalue weighted by atomic mass is 16.5. The van der Waals surface area contributed by atoms with Crippen molar-refractivity contribution in [3.8, 4) is 0 Å². The van der Waals surface area contributed by atoms with Crippen molar-refractivity contribution in [2.75, 3.05) is 6.54 Å². The van der Waals surface area contributed by atoms with Crippen LogP contribution in [-0.4, -0.2) is 32.5 Å². The Morgan fingerprint density at radius 3 is 2.83 bits per heavy atom. The first-order chi connectivity index (χ1) is 17.0. The van der Waals surface area contributed by atoms with Crippen LogP contribution < -0.4 is 5.48 Å². The van der Waals surface area contributed by atoms with Crippen molar-refractivity contribution in [3.63, 3.8) is 0 Å². The molecule has 2 heterocycles. The second kappa shape index (κ2) is 9.94. The summed E-state index contributed by atoms with van der Waals surface area (Å²) in [4.78, 5) is 20.7.